The van der Waals surface area contributed by atoms with Crippen LogP contribution in [0.15, 0.2) is 17.2 Å². The summed E-state index contributed by atoms with van der Waals surface area (Å²) in [6, 6.07) is -1.06. The third-order valence-corrected chi connectivity index (χ3v) is 4.21. The number of hydrogen-bond acceptors (Lipinski definition) is 4. The van der Waals surface area contributed by atoms with Crippen LogP contribution >= 0.6 is 0 Å². The lowest BCUT2D eigenvalue weighted by molar-refractivity contribution is -0.147. The molecule has 0 N–H and O–H groups in total. The summed E-state index contributed by atoms with van der Waals surface area (Å²) in [6.45, 7) is 0. The highest BCUT2D eigenvalue weighted by molar-refractivity contribution is 5.74. The first-order valence-corrected chi connectivity index (χ1v) is 7.56. The van der Waals surface area contributed by atoms with Crippen molar-refractivity contribution in [3.8, 4) is 0 Å². The van der Waals surface area contributed by atoms with Crippen LogP contribution in [-0.4, -0.2) is 22.6 Å². The Morgan fingerprint density at radius 1 is 1.39 bits per heavy atom. The number of carbonyl (C=O) groups is 1. The van der Waals surface area contributed by atoms with Crippen LogP contribution in [0.25, 0.3) is 0 Å². The largest absolute Gasteiger partial charge is 0.467 e. The zero-order valence-corrected chi connectivity index (χ0v) is 12.8. The molecule has 1 heterocycles. The van der Waals surface area contributed by atoms with Gasteiger partial charge in [-0.15, -0.1) is 0 Å². The minimum Gasteiger partial charge on any atom is -0.467 e. The number of hydrogen-bond donors (Lipinski definition) is 0. The van der Waals surface area contributed by atoms with Crippen molar-refractivity contribution in [3.63, 3.8) is 0 Å². The molecular weight excluding hydrogens is 313 g/mol. The SMILES string of the molecule is COC(=O)[C@H](CC1CCCCC1)n1cc(C(F)(F)F)ncc1=O. The molecule has 0 bridgehead atoms. The van der Waals surface area contributed by atoms with Crippen LogP contribution in [0, 0.1) is 5.92 Å². The zero-order chi connectivity index (χ0) is 17.0. The van der Waals surface area contributed by atoms with Crippen LogP contribution in [0.4, 0.5) is 13.2 Å². The number of esters is 1. The van der Waals surface area contributed by atoms with Crippen LogP contribution in [-0.2, 0) is 15.7 Å². The summed E-state index contributed by atoms with van der Waals surface area (Å²) in [5, 5.41) is 0. The molecule has 0 amide bonds. The molecule has 1 aliphatic carbocycles. The van der Waals surface area contributed by atoms with Gasteiger partial charge in [-0.1, -0.05) is 32.1 Å². The second-order valence-corrected chi connectivity index (χ2v) is 5.79. The van der Waals surface area contributed by atoms with Gasteiger partial charge in [0.25, 0.3) is 5.56 Å². The standard InChI is InChI=1S/C15H19F3N2O3/c1-23-14(22)11(7-10-5-3-2-4-6-10)20-9-12(15(16,17)18)19-8-13(20)21/h8-11H,2-7H2,1H3/t11-/m0/s1. The van der Waals surface area contributed by atoms with Crippen molar-refractivity contribution in [1.82, 2.24) is 9.55 Å². The van der Waals surface area contributed by atoms with Gasteiger partial charge in [0, 0.05) is 6.20 Å². The van der Waals surface area contributed by atoms with Crippen molar-refractivity contribution in [3.05, 3.63) is 28.4 Å². The van der Waals surface area contributed by atoms with Gasteiger partial charge in [0.05, 0.1) is 13.3 Å². The summed E-state index contributed by atoms with van der Waals surface area (Å²) in [6.07, 6.45) is 1.79. The molecule has 1 aliphatic rings. The smallest absolute Gasteiger partial charge is 0.434 e. The highest BCUT2D eigenvalue weighted by Crippen LogP contribution is 2.32. The average Bonchev–Trinajstić information content (AvgIpc) is 2.52. The Morgan fingerprint density at radius 2 is 2.04 bits per heavy atom. The van der Waals surface area contributed by atoms with E-state index in [1.165, 1.54) is 0 Å². The second-order valence-electron chi connectivity index (χ2n) is 5.79. The molecule has 8 heteroatoms. The van der Waals surface area contributed by atoms with E-state index in [4.69, 9.17) is 0 Å². The van der Waals surface area contributed by atoms with Crippen LogP contribution in [0.2, 0.25) is 0 Å². The molecule has 128 valence electrons. The summed E-state index contributed by atoms with van der Waals surface area (Å²) < 4.78 is 43.9. The zero-order valence-electron chi connectivity index (χ0n) is 12.8. The fourth-order valence-electron chi connectivity index (χ4n) is 3.01. The molecule has 0 saturated heterocycles. The van der Waals surface area contributed by atoms with E-state index in [0.29, 0.717) is 18.8 Å². The predicted molar refractivity (Wildman–Crippen MR) is 75.7 cm³/mol. The number of alkyl halides is 3. The van der Waals surface area contributed by atoms with E-state index in [0.717, 1.165) is 43.8 Å². The molecule has 1 atom stereocenters. The maximum atomic E-state index is 12.8. The van der Waals surface area contributed by atoms with E-state index in [-0.39, 0.29) is 5.92 Å². The predicted octanol–water partition coefficient (Wildman–Crippen LogP) is 2.95. The van der Waals surface area contributed by atoms with Gasteiger partial charge in [-0.05, 0) is 12.3 Å². The number of carbonyl (C=O) groups excluding carboxylic acids is 1. The van der Waals surface area contributed by atoms with Gasteiger partial charge in [0.15, 0.2) is 5.69 Å². The Balaban J connectivity index is 2.34. The van der Waals surface area contributed by atoms with E-state index >= 15 is 0 Å². The lowest BCUT2D eigenvalue weighted by Gasteiger charge is -2.26. The summed E-state index contributed by atoms with van der Waals surface area (Å²) in [5.41, 5.74) is -1.95. The van der Waals surface area contributed by atoms with Gasteiger partial charge in [-0.3, -0.25) is 9.36 Å². The lowest BCUT2D eigenvalue weighted by Crippen LogP contribution is -2.33. The van der Waals surface area contributed by atoms with Crippen molar-refractivity contribution >= 4 is 5.97 Å². The van der Waals surface area contributed by atoms with Crippen LogP contribution in [0.3, 0.4) is 0 Å². The highest BCUT2D eigenvalue weighted by Gasteiger charge is 2.35. The van der Waals surface area contributed by atoms with Crippen LogP contribution in [0.5, 0.6) is 0 Å². The molecule has 1 fully saturated rings. The average molecular weight is 332 g/mol. The van der Waals surface area contributed by atoms with E-state index in [9.17, 15) is 22.8 Å². The quantitative estimate of drug-likeness (QED) is 0.796. The highest BCUT2D eigenvalue weighted by atomic mass is 19.4. The number of nitrogens with zero attached hydrogens (tertiary/aromatic N) is 2. The van der Waals surface area contributed by atoms with Crippen molar-refractivity contribution < 1.29 is 22.7 Å². The summed E-state index contributed by atoms with van der Waals surface area (Å²) in [4.78, 5) is 27.1. The molecule has 23 heavy (non-hydrogen) atoms. The molecule has 2 rings (SSSR count). The Kier molecular flexibility index (Phi) is 5.43. The molecule has 1 aromatic heterocycles. The third-order valence-electron chi connectivity index (χ3n) is 4.21. The minimum atomic E-state index is -4.68. The molecule has 0 unspecified atom stereocenters. The summed E-state index contributed by atoms with van der Waals surface area (Å²) in [7, 11) is 1.16. The minimum absolute atomic E-state index is 0.197. The fraction of sp³-hybridized carbons (Fsp3) is 0.667. The Labute approximate surface area is 131 Å². The van der Waals surface area contributed by atoms with Gasteiger partial charge in [0.2, 0.25) is 0 Å². The van der Waals surface area contributed by atoms with Gasteiger partial charge in [-0.2, -0.15) is 13.2 Å². The third kappa shape index (κ3) is 4.33. The number of methoxy groups -OCH3 is 1. The number of rotatable bonds is 4. The monoisotopic (exact) mass is 332 g/mol. The van der Waals surface area contributed by atoms with Gasteiger partial charge in [-0.25, -0.2) is 9.78 Å². The van der Waals surface area contributed by atoms with E-state index < -0.39 is 29.4 Å². The van der Waals surface area contributed by atoms with Crippen molar-refractivity contribution in [2.24, 2.45) is 5.92 Å². The normalized spacial score (nSPS) is 17.7. The van der Waals surface area contributed by atoms with E-state index in [1.807, 2.05) is 0 Å². The second kappa shape index (κ2) is 7.14. The van der Waals surface area contributed by atoms with Crippen molar-refractivity contribution in [1.29, 1.82) is 0 Å². The maximum Gasteiger partial charge on any atom is 0.434 e. The van der Waals surface area contributed by atoms with E-state index in [2.05, 4.69) is 9.72 Å². The van der Waals surface area contributed by atoms with Gasteiger partial charge < -0.3 is 4.74 Å². The van der Waals surface area contributed by atoms with Crippen molar-refractivity contribution in [2.45, 2.75) is 50.7 Å². The molecule has 5 nitrogen and oxygen atoms in total. The first kappa shape index (κ1) is 17.5. The molecule has 0 aromatic carbocycles. The molecule has 1 aromatic rings. The first-order chi connectivity index (χ1) is 10.8. The first-order valence-electron chi connectivity index (χ1n) is 7.56. The topological polar surface area (TPSA) is 61.2 Å². The summed E-state index contributed by atoms with van der Waals surface area (Å²) in [5.74, 6) is -0.515. The number of ether oxygens (including phenoxy) is 1. The number of aromatic nitrogens is 2. The molecule has 0 radical (unpaired) electrons. The van der Waals surface area contributed by atoms with Gasteiger partial charge >= 0.3 is 12.1 Å². The summed E-state index contributed by atoms with van der Waals surface area (Å²) >= 11 is 0. The Morgan fingerprint density at radius 3 is 2.61 bits per heavy atom. The Bertz CT molecular complexity index is 607. The molecular formula is C15H19F3N2O3. The maximum absolute atomic E-state index is 12.8. The fourth-order valence-corrected chi connectivity index (χ4v) is 3.01. The van der Waals surface area contributed by atoms with Crippen LogP contribution in [0.1, 0.15) is 50.3 Å². The molecule has 1 saturated carbocycles. The molecule has 0 aliphatic heterocycles. The van der Waals surface area contributed by atoms with Gasteiger partial charge in [0.1, 0.15) is 6.04 Å². The van der Waals surface area contributed by atoms with Crippen molar-refractivity contribution in [2.75, 3.05) is 7.11 Å². The van der Waals surface area contributed by atoms with E-state index in [1.54, 1.807) is 0 Å². The van der Waals surface area contributed by atoms with Crippen LogP contribution < -0.4 is 5.56 Å². The lowest BCUT2D eigenvalue weighted by atomic mass is 9.84. The number of halogens is 3. The molecule has 0 spiro atoms. The Hall–Kier alpha value is -1.86.